The average molecular weight is 376 g/mol. The van der Waals surface area contributed by atoms with Crippen molar-refractivity contribution >= 4 is 32.7 Å². The Kier molecular flexibility index (Phi) is 4.06. The molecule has 4 rings (SSSR count). The molecular weight excluding hydrogens is 358 g/mol. The van der Waals surface area contributed by atoms with Gasteiger partial charge in [-0.25, -0.2) is 13.4 Å². The fourth-order valence-electron chi connectivity index (χ4n) is 3.56. The van der Waals surface area contributed by atoms with Crippen LogP contribution in [0.1, 0.15) is 18.3 Å². The van der Waals surface area contributed by atoms with Crippen molar-refractivity contribution in [1.82, 2.24) is 13.9 Å². The van der Waals surface area contributed by atoms with Crippen LogP contribution in [-0.2, 0) is 10.0 Å². The number of sulfonamides is 1. The fraction of sp³-hybridized carbons (Fsp3) is 0.278. The van der Waals surface area contributed by atoms with Crippen LogP contribution in [0.4, 0.5) is 0 Å². The molecule has 2 heterocycles. The molecule has 25 heavy (non-hydrogen) atoms. The Morgan fingerprint density at radius 1 is 1.12 bits per heavy atom. The van der Waals surface area contributed by atoms with Gasteiger partial charge in [-0.15, -0.1) is 0 Å². The van der Waals surface area contributed by atoms with Crippen LogP contribution in [0.25, 0.3) is 11.0 Å². The Labute approximate surface area is 151 Å². The number of rotatable bonds is 3. The fourth-order valence-corrected chi connectivity index (χ4v) is 5.54. The standard InChI is InChI=1S/C18H18ClN3O2S/c1-13-20-16-7-3-4-8-17(16)22(13)14-10-11-21(12-14)25(23,24)18-9-5-2-6-15(18)19/h2-9,14H,10-12H2,1H3/t14-/m1/s1. The first-order valence-corrected chi connectivity index (χ1v) is 9.98. The van der Waals surface area contributed by atoms with Gasteiger partial charge in [-0.2, -0.15) is 4.31 Å². The van der Waals surface area contributed by atoms with Crippen molar-refractivity contribution in [3.05, 3.63) is 59.4 Å². The van der Waals surface area contributed by atoms with Gasteiger partial charge in [0.1, 0.15) is 10.7 Å². The molecule has 1 fully saturated rings. The zero-order valence-corrected chi connectivity index (χ0v) is 15.3. The molecule has 5 nitrogen and oxygen atoms in total. The highest BCUT2D eigenvalue weighted by atomic mass is 35.5. The second-order valence-electron chi connectivity index (χ2n) is 6.25. The molecule has 130 valence electrons. The van der Waals surface area contributed by atoms with E-state index in [9.17, 15) is 8.42 Å². The van der Waals surface area contributed by atoms with E-state index in [4.69, 9.17) is 11.6 Å². The van der Waals surface area contributed by atoms with Crippen LogP contribution < -0.4 is 0 Å². The predicted octanol–water partition coefficient (Wildman–Crippen LogP) is 3.63. The number of imidazole rings is 1. The number of para-hydroxylation sites is 2. The number of nitrogens with zero attached hydrogens (tertiary/aromatic N) is 3. The number of hydrogen-bond donors (Lipinski definition) is 0. The summed E-state index contributed by atoms with van der Waals surface area (Å²) in [6.07, 6.45) is 0.755. The Bertz CT molecular complexity index is 1050. The average Bonchev–Trinajstić information content (AvgIpc) is 3.18. The third kappa shape index (κ3) is 2.74. The smallest absolute Gasteiger partial charge is 0.244 e. The first-order valence-electron chi connectivity index (χ1n) is 8.17. The normalized spacial score (nSPS) is 18.9. The Balaban J connectivity index is 1.67. The Morgan fingerprint density at radius 2 is 1.84 bits per heavy atom. The summed E-state index contributed by atoms with van der Waals surface area (Å²) in [5.41, 5.74) is 1.98. The lowest BCUT2D eigenvalue weighted by Gasteiger charge is -2.19. The summed E-state index contributed by atoms with van der Waals surface area (Å²) >= 11 is 6.11. The zero-order chi connectivity index (χ0) is 17.6. The summed E-state index contributed by atoms with van der Waals surface area (Å²) in [6, 6.07) is 14.6. The molecule has 0 spiro atoms. The predicted molar refractivity (Wildman–Crippen MR) is 98.3 cm³/mol. The summed E-state index contributed by atoms with van der Waals surface area (Å²) < 4.78 is 29.5. The largest absolute Gasteiger partial charge is 0.324 e. The van der Waals surface area contributed by atoms with Gasteiger partial charge >= 0.3 is 0 Å². The van der Waals surface area contributed by atoms with E-state index in [-0.39, 0.29) is 16.0 Å². The van der Waals surface area contributed by atoms with Crippen LogP contribution in [0.3, 0.4) is 0 Å². The monoisotopic (exact) mass is 375 g/mol. The number of aryl methyl sites for hydroxylation is 1. The minimum atomic E-state index is -3.59. The molecule has 2 aromatic carbocycles. The molecule has 1 aliphatic heterocycles. The lowest BCUT2D eigenvalue weighted by molar-refractivity contribution is 0.452. The van der Waals surface area contributed by atoms with E-state index in [1.807, 2.05) is 31.2 Å². The number of halogens is 1. The maximum absolute atomic E-state index is 12.9. The Morgan fingerprint density at radius 3 is 2.64 bits per heavy atom. The van der Waals surface area contributed by atoms with Crippen molar-refractivity contribution in [3.8, 4) is 0 Å². The maximum atomic E-state index is 12.9. The first-order chi connectivity index (χ1) is 12.0. The minimum Gasteiger partial charge on any atom is -0.324 e. The molecule has 3 aromatic rings. The summed E-state index contributed by atoms with van der Waals surface area (Å²) in [5, 5.41) is 0.259. The van der Waals surface area contributed by atoms with Crippen LogP contribution in [-0.4, -0.2) is 35.4 Å². The number of fused-ring (bicyclic) bond motifs is 1. The van der Waals surface area contributed by atoms with Crippen molar-refractivity contribution in [1.29, 1.82) is 0 Å². The number of aromatic nitrogens is 2. The van der Waals surface area contributed by atoms with Crippen molar-refractivity contribution < 1.29 is 8.42 Å². The van der Waals surface area contributed by atoms with E-state index < -0.39 is 10.0 Å². The molecule has 1 aliphatic rings. The summed E-state index contributed by atoms with van der Waals surface area (Å²) in [6.45, 7) is 2.87. The molecule has 1 aromatic heterocycles. The molecule has 1 saturated heterocycles. The Hall–Kier alpha value is -1.89. The van der Waals surface area contributed by atoms with Gasteiger partial charge in [0, 0.05) is 13.1 Å². The first kappa shape index (κ1) is 16.6. The van der Waals surface area contributed by atoms with Gasteiger partial charge in [-0.1, -0.05) is 35.9 Å². The molecule has 0 unspecified atom stereocenters. The van der Waals surface area contributed by atoms with Gasteiger partial charge in [0.15, 0.2) is 0 Å². The van der Waals surface area contributed by atoms with Crippen LogP contribution in [0.2, 0.25) is 5.02 Å². The number of hydrogen-bond acceptors (Lipinski definition) is 3. The van der Waals surface area contributed by atoms with E-state index in [0.717, 1.165) is 23.3 Å². The van der Waals surface area contributed by atoms with Crippen molar-refractivity contribution in [2.45, 2.75) is 24.3 Å². The molecule has 0 amide bonds. The minimum absolute atomic E-state index is 0.0738. The molecular formula is C18H18ClN3O2S. The molecule has 0 aliphatic carbocycles. The lowest BCUT2D eigenvalue weighted by Crippen LogP contribution is -2.29. The molecule has 1 atom stereocenters. The van der Waals surface area contributed by atoms with Gasteiger partial charge in [0.25, 0.3) is 0 Å². The molecule has 7 heteroatoms. The van der Waals surface area contributed by atoms with Crippen molar-refractivity contribution in [2.24, 2.45) is 0 Å². The SMILES string of the molecule is Cc1nc2ccccc2n1[C@@H]1CCN(S(=O)(=O)c2ccccc2Cl)C1. The van der Waals surface area contributed by atoms with Crippen LogP contribution in [0.5, 0.6) is 0 Å². The second kappa shape index (κ2) is 6.12. The number of benzene rings is 2. The van der Waals surface area contributed by atoms with E-state index >= 15 is 0 Å². The highest BCUT2D eigenvalue weighted by Gasteiger charge is 2.35. The van der Waals surface area contributed by atoms with Crippen molar-refractivity contribution in [3.63, 3.8) is 0 Å². The van der Waals surface area contributed by atoms with E-state index in [1.54, 1.807) is 24.3 Å². The van der Waals surface area contributed by atoms with Crippen LogP contribution >= 0.6 is 11.6 Å². The van der Waals surface area contributed by atoms with E-state index in [0.29, 0.717) is 13.1 Å². The molecule has 0 saturated carbocycles. The summed E-state index contributed by atoms with van der Waals surface area (Å²) in [4.78, 5) is 4.76. The lowest BCUT2D eigenvalue weighted by atomic mass is 10.2. The van der Waals surface area contributed by atoms with Gasteiger partial charge in [-0.3, -0.25) is 0 Å². The summed E-state index contributed by atoms with van der Waals surface area (Å²) in [5.74, 6) is 0.906. The van der Waals surface area contributed by atoms with Gasteiger partial charge in [0.2, 0.25) is 10.0 Å². The van der Waals surface area contributed by atoms with Gasteiger partial charge < -0.3 is 4.57 Å². The third-order valence-electron chi connectivity index (χ3n) is 4.72. The zero-order valence-electron chi connectivity index (χ0n) is 13.8. The highest BCUT2D eigenvalue weighted by Crippen LogP contribution is 2.32. The van der Waals surface area contributed by atoms with E-state index in [1.165, 1.54) is 4.31 Å². The van der Waals surface area contributed by atoms with Gasteiger partial charge in [-0.05, 0) is 37.6 Å². The molecule has 0 radical (unpaired) electrons. The molecule has 0 N–H and O–H groups in total. The van der Waals surface area contributed by atoms with Crippen LogP contribution in [0.15, 0.2) is 53.4 Å². The van der Waals surface area contributed by atoms with Crippen molar-refractivity contribution in [2.75, 3.05) is 13.1 Å². The molecule has 0 bridgehead atoms. The van der Waals surface area contributed by atoms with Gasteiger partial charge in [0.05, 0.1) is 22.1 Å². The van der Waals surface area contributed by atoms with Crippen LogP contribution in [0, 0.1) is 6.92 Å². The highest BCUT2D eigenvalue weighted by molar-refractivity contribution is 7.89. The third-order valence-corrected chi connectivity index (χ3v) is 7.08. The summed E-state index contributed by atoms with van der Waals surface area (Å²) in [7, 11) is -3.59. The van der Waals surface area contributed by atoms with E-state index in [2.05, 4.69) is 9.55 Å². The topological polar surface area (TPSA) is 55.2 Å². The maximum Gasteiger partial charge on any atom is 0.244 e. The quantitative estimate of drug-likeness (QED) is 0.702. The second-order valence-corrected chi connectivity index (χ2v) is 8.57.